The Bertz CT molecular complexity index is 772. The van der Waals surface area contributed by atoms with Crippen molar-refractivity contribution >= 4 is 10.0 Å². The fourth-order valence-corrected chi connectivity index (χ4v) is 2.91. The van der Waals surface area contributed by atoms with Crippen molar-refractivity contribution in [3.05, 3.63) is 47.8 Å². The molecule has 4 nitrogen and oxygen atoms in total. The van der Waals surface area contributed by atoms with Crippen LogP contribution < -0.4 is 5.14 Å². The minimum atomic E-state index is -4.62. The van der Waals surface area contributed by atoms with Gasteiger partial charge in [-0.1, -0.05) is 6.07 Å². The monoisotopic (exact) mass is 316 g/mol. The van der Waals surface area contributed by atoms with E-state index in [0.717, 1.165) is 12.1 Å². The Hall–Kier alpha value is -1.93. The molecule has 8 heteroatoms. The highest BCUT2D eigenvalue weighted by Crippen LogP contribution is 2.40. The summed E-state index contributed by atoms with van der Waals surface area (Å²) in [4.78, 5) is 3.43. The van der Waals surface area contributed by atoms with Gasteiger partial charge in [-0.2, -0.15) is 13.2 Å². The maximum atomic E-state index is 13.1. The zero-order chi connectivity index (χ0) is 15.8. The number of hydrogen-bond acceptors (Lipinski definition) is 3. The van der Waals surface area contributed by atoms with Crippen LogP contribution in [0.2, 0.25) is 0 Å². The number of primary sulfonamides is 1. The Morgan fingerprint density at radius 3 is 2.33 bits per heavy atom. The lowest BCUT2D eigenvalue weighted by molar-refractivity contribution is -0.137. The lowest BCUT2D eigenvalue weighted by Crippen LogP contribution is -2.16. The highest BCUT2D eigenvalue weighted by molar-refractivity contribution is 7.89. The molecule has 0 saturated carbocycles. The van der Waals surface area contributed by atoms with Gasteiger partial charge in [0, 0.05) is 18.0 Å². The van der Waals surface area contributed by atoms with Crippen LogP contribution in [0.25, 0.3) is 11.1 Å². The normalized spacial score (nSPS) is 12.4. The van der Waals surface area contributed by atoms with E-state index in [-0.39, 0.29) is 21.6 Å². The summed E-state index contributed by atoms with van der Waals surface area (Å²) in [5.41, 5.74) is -1.05. The van der Waals surface area contributed by atoms with E-state index in [1.807, 2.05) is 0 Å². The van der Waals surface area contributed by atoms with Crippen LogP contribution in [0.4, 0.5) is 13.2 Å². The number of aromatic nitrogens is 1. The largest absolute Gasteiger partial charge is 0.417 e. The Morgan fingerprint density at radius 2 is 1.86 bits per heavy atom. The van der Waals surface area contributed by atoms with Gasteiger partial charge < -0.3 is 0 Å². The molecule has 2 aromatic rings. The standard InChI is InChI=1S/C13H11F3N2O2S/c1-8-11(21(17,19)20)5-4-10(13(14,15)16)12(8)9-3-2-6-18-7-9/h2-7H,1H3,(H2,17,19,20). The molecule has 1 heterocycles. The van der Waals surface area contributed by atoms with E-state index < -0.39 is 21.8 Å². The summed E-state index contributed by atoms with van der Waals surface area (Å²) in [6.45, 7) is 1.29. The number of nitrogens with zero attached hydrogens (tertiary/aromatic N) is 1. The molecule has 0 bridgehead atoms. The van der Waals surface area contributed by atoms with Crippen molar-refractivity contribution in [2.24, 2.45) is 5.14 Å². The summed E-state index contributed by atoms with van der Waals surface area (Å²) in [6, 6.07) is 4.48. The lowest BCUT2D eigenvalue weighted by Gasteiger charge is -2.17. The second-order valence-electron chi connectivity index (χ2n) is 4.40. The van der Waals surface area contributed by atoms with Crippen LogP contribution >= 0.6 is 0 Å². The second kappa shape index (κ2) is 5.12. The molecule has 0 amide bonds. The minimum Gasteiger partial charge on any atom is -0.264 e. The van der Waals surface area contributed by atoms with Crippen LogP contribution in [0.3, 0.4) is 0 Å². The van der Waals surface area contributed by atoms with Crippen LogP contribution in [-0.4, -0.2) is 13.4 Å². The van der Waals surface area contributed by atoms with Gasteiger partial charge in [0.25, 0.3) is 0 Å². The first-order valence-corrected chi connectivity index (χ1v) is 7.31. The summed E-state index contributed by atoms with van der Waals surface area (Å²) in [5, 5.41) is 5.04. The predicted octanol–water partition coefficient (Wildman–Crippen LogP) is 2.72. The summed E-state index contributed by atoms with van der Waals surface area (Å²) < 4.78 is 62.4. The molecule has 112 valence electrons. The van der Waals surface area contributed by atoms with Crippen molar-refractivity contribution in [3.63, 3.8) is 0 Å². The number of rotatable bonds is 2. The molecule has 0 aliphatic rings. The van der Waals surface area contributed by atoms with Crippen molar-refractivity contribution in [2.75, 3.05) is 0 Å². The summed E-state index contributed by atoms with van der Waals surface area (Å²) in [6.07, 6.45) is -1.97. The van der Waals surface area contributed by atoms with Gasteiger partial charge in [0.1, 0.15) is 0 Å². The molecule has 2 N–H and O–H groups in total. The predicted molar refractivity (Wildman–Crippen MR) is 70.8 cm³/mol. The molecule has 0 unspecified atom stereocenters. The summed E-state index contributed by atoms with van der Waals surface area (Å²) >= 11 is 0. The third-order valence-corrected chi connectivity index (χ3v) is 4.03. The molecule has 0 atom stereocenters. The van der Waals surface area contributed by atoms with Gasteiger partial charge in [0.15, 0.2) is 0 Å². The van der Waals surface area contributed by atoms with E-state index in [1.165, 1.54) is 31.5 Å². The zero-order valence-electron chi connectivity index (χ0n) is 10.8. The van der Waals surface area contributed by atoms with E-state index in [1.54, 1.807) is 0 Å². The van der Waals surface area contributed by atoms with Gasteiger partial charge in [-0.05, 0) is 36.2 Å². The number of sulfonamides is 1. The van der Waals surface area contributed by atoms with E-state index in [9.17, 15) is 21.6 Å². The van der Waals surface area contributed by atoms with E-state index in [0.29, 0.717) is 0 Å². The molecule has 1 aromatic carbocycles. The van der Waals surface area contributed by atoms with Crippen molar-refractivity contribution < 1.29 is 21.6 Å². The first-order chi connectivity index (χ1) is 9.62. The molecular formula is C13H11F3N2O2S. The fraction of sp³-hybridized carbons (Fsp3) is 0.154. The molecule has 0 fully saturated rings. The average Bonchev–Trinajstić information content (AvgIpc) is 2.36. The first kappa shape index (κ1) is 15.5. The maximum absolute atomic E-state index is 13.1. The Balaban J connectivity index is 2.87. The van der Waals surface area contributed by atoms with Crippen molar-refractivity contribution in [2.45, 2.75) is 18.0 Å². The number of nitrogens with two attached hydrogens (primary N) is 1. The smallest absolute Gasteiger partial charge is 0.264 e. The topological polar surface area (TPSA) is 73.1 Å². The second-order valence-corrected chi connectivity index (χ2v) is 5.93. The van der Waals surface area contributed by atoms with Crippen LogP contribution in [0.1, 0.15) is 11.1 Å². The molecule has 0 aliphatic heterocycles. The Morgan fingerprint density at radius 1 is 1.19 bits per heavy atom. The zero-order valence-corrected chi connectivity index (χ0v) is 11.7. The first-order valence-electron chi connectivity index (χ1n) is 5.76. The molecule has 0 aliphatic carbocycles. The number of alkyl halides is 3. The molecule has 2 rings (SSSR count). The van der Waals surface area contributed by atoms with Gasteiger partial charge in [0.2, 0.25) is 10.0 Å². The highest BCUT2D eigenvalue weighted by Gasteiger charge is 2.35. The number of hydrogen-bond donors (Lipinski definition) is 1. The van der Waals surface area contributed by atoms with E-state index in [2.05, 4.69) is 4.98 Å². The van der Waals surface area contributed by atoms with Gasteiger partial charge in [0.05, 0.1) is 10.5 Å². The third kappa shape index (κ3) is 3.06. The van der Waals surface area contributed by atoms with Crippen LogP contribution in [0.15, 0.2) is 41.6 Å². The SMILES string of the molecule is Cc1c(S(N)(=O)=O)ccc(C(F)(F)F)c1-c1cccnc1. The molecule has 0 saturated heterocycles. The van der Waals surface area contributed by atoms with Crippen LogP contribution in [0.5, 0.6) is 0 Å². The molecular weight excluding hydrogens is 305 g/mol. The summed E-state index contributed by atoms with van der Waals surface area (Å²) in [7, 11) is -4.11. The molecule has 21 heavy (non-hydrogen) atoms. The fourth-order valence-electron chi connectivity index (χ4n) is 2.12. The highest BCUT2D eigenvalue weighted by atomic mass is 32.2. The lowest BCUT2D eigenvalue weighted by atomic mass is 9.96. The van der Waals surface area contributed by atoms with Gasteiger partial charge in [-0.25, -0.2) is 13.6 Å². The van der Waals surface area contributed by atoms with Crippen LogP contribution in [-0.2, 0) is 16.2 Å². The van der Waals surface area contributed by atoms with Gasteiger partial charge in [-0.15, -0.1) is 0 Å². The number of pyridine rings is 1. The minimum absolute atomic E-state index is 0.0553. The average molecular weight is 316 g/mol. The van der Waals surface area contributed by atoms with E-state index >= 15 is 0 Å². The maximum Gasteiger partial charge on any atom is 0.417 e. The molecule has 0 spiro atoms. The number of benzene rings is 1. The van der Waals surface area contributed by atoms with Crippen molar-refractivity contribution in [3.8, 4) is 11.1 Å². The van der Waals surface area contributed by atoms with Crippen LogP contribution in [0, 0.1) is 6.92 Å². The van der Waals surface area contributed by atoms with E-state index in [4.69, 9.17) is 5.14 Å². The van der Waals surface area contributed by atoms with Gasteiger partial charge in [-0.3, -0.25) is 4.98 Å². The summed E-state index contributed by atoms with van der Waals surface area (Å²) in [5.74, 6) is 0. The molecule has 0 radical (unpaired) electrons. The Labute approximate surface area is 119 Å². The molecule has 1 aromatic heterocycles. The van der Waals surface area contributed by atoms with Gasteiger partial charge >= 0.3 is 6.18 Å². The quantitative estimate of drug-likeness (QED) is 0.926. The van der Waals surface area contributed by atoms with Crippen molar-refractivity contribution in [1.82, 2.24) is 4.98 Å². The third-order valence-electron chi connectivity index (χ3n) is 2.98. The number of halogens is 3. The Kier molecular flexibility index (Phi) is 3.77. The van der Waals surface area contributed by atoms with Crippen molar-refractivity contribution in [1.29, 1.82) is 0 Å².